The first kappa shape index (κ1) is 22.3. The number of hydrogen-bond donors (Lipinski definition) is 2. The number of carbonyl (C=O) groups excluding carboxylic acids is 1. The summed E-state index contributed by atoms with van der Waals surface area (Å²) >= 11 is 0. The van der Waals surface area contributed by atoms with E-state index in [0.717, 1.165) is 24.4 Å². The van der Waals surface area contributed by atoms with E-state index in [4.69, 9.17) is 4.74 Å². The van der Waals surface area contributed by atoms with Gasteiger partial charge in [-0.3, -0.25) is 4.79 Å². The lowest BCUT2D eigenvalue weighted by molar-refractivity contribution is -0.111. The molecule has 0 bridgehead atoms. The quantitative estimate of drug-likeness (QED) is 0.541. The van der Waals surface area contributed by atoms with E-state index in [-0.39, 0.29) is 28.7 Å². The Morgan fingerprint density at radius 1 is 1.06 bits per heavy atom. The molecule has 170 valence electrons. The highest BCUT2D eigenvalue weighted by molar-refractivity contribution is 5.99. The van der Waals surface area contributed by atoms with E-state index >= 15 is 0 Å². The van der Waals surface area contributed by atoms with Crippen LogP contribution < -0.4 is 15.5 Å². The fourth-order valence-corrected chi connectivity index (χ4v) is 3.39. The monoisotopic (exact) mass is 455 g/mol. The summed E-state index contributed by atoms with van der Waals surface area (Å²) in [7, 11) is 0. The van der Waals surface area contributed by atoms with E-state index in [9.17, 15) is 18.0 Å². The molecule has 1 saturated heterocycles. The topological polar surface area (TPSA) is 79.4 Å². The van der Waals surface area contributed by atoms with Crippen LogP contribution in [0.3, 0.4) is 0 Å². The molecule has 33 heavy (non-hydrogen) atoms. The Kier molecular flexibility index (Phi) is 6.55. The van der Waals surface area contributed by atoms with Crippen LogP contribution in [0.5, 0.6) is 0 Å². The summed E-state index contributed by atoms with van der Waals surface area (Å²) in [6.45, 7) is 5.46. The third-order valence-electron chi connectivity index (χ3n) is 4.92. The molecule has 0 atom stereocenters. The van der Waals surface area contributed by atoms with Gasteiger partial charge in [0.15, 0.2) is 5.82 Å². The molecule has 1 amide bonds. The van der Waals surface area contributed by atoms with Crippen molar-refractivity contribution in [2.45, 2.75) is 0 Å². The molecule has 1 aliphatic heterocycles. The third kappa shape index (κ3) is 5.29. The Bertz CT molecular complexity index is 1200. The molecule has 1 aliphatic rings. The fourth-order valence-electron chi connectivity index (χ4n) is 3.39. The minimum atomic E-state index is -0.778. The van der Waals surface area contributed by atoms with Crippen LogP contribution in [0.2, 0.25) is 0 Å². The van der Waals surface area contributed by atoms with Crippen molar-refractivity contribution < 1.29 is 22.7 Å². The zero-order chi connectivity index (χ0) is 23.4. The lowest BCUT2D eigenvalue weighted by atomic mass is 10.1. The van der Waals surface area contributed by atoms with E-state index < -0.39 is 17.5 Å². The number of ether oxygens (including phenoxy) is 1. The molecule has 0 unspecified atom stereocenters. The van der Waals surface area contributed by atoms with E-state index in [2.05, 4.69) is 27.2 Å². The van der Waals surface area contributed by atoms with Gasteiger partial charge >= 0.3 is 0 Å². The van der Waals surface area contributed by atoms with Crippen molar-refractivity contribution in [3.63, 3.8) is 0 Å². The summed E-state index contributed by atoms with van der Waals surface area (Å²) in [5, 5.41) is 5.36. The molecule has 0 spiro atoms. The van der Waals surface area contributed by atoms with Gasteiger partial charge in [-0.2, -0.15) is 0 Å². The van der Waals surface area contributed by atoms with Gasteiger partial charge in [0, 0.05) is 30.0 Å². The SMILES string of the molecule is C=CC(=O)Nc1cc(F)cc(-c2nc(Nc3ccc(F)c(N4CCOCC4)c3)ncc2F)c1. The van der Waals surface area contributed by atoms with Crippen LogP contribution >= 0.6 is 0 Å². The summed E-state index contributed by atoms with van der Waals surface area (Å²) in [5.74, 6) is -2.35. The van der Waals surface area contributed by atoms with Gasteiger partial charge in [-0.15, -0.1) is 0 Å². The van der Waals surface area contributed by atoms with Crippen LogP contribution in [0.25, 0.3) is 11.3 Å². The highest BCUT2D eigenvalue weighted by Gasteiger charge is 2.17. The molecule has 1 aromatic heterocycles. The first-order chi connectivity index (χ1) is 15.9. The first-order valence-electron chi connectivity index (χ1n) is 10.1. The second-order valence-corrected chi connectivity index (χ2v) is 7.20. The molecular weight excluding hydrogens is 435 g/mol. The van der Waals surface area contributed by atoms with Crippen molar-refractivity contribution in [1.82, 2.24) is 9.97 Å². The Morgan fingerprint density at radius 2 is 1.85 bits per heavy atom. The molecule has 1 fully saturated rings. The van der Waals surface area contributed by atoms with Gasteiger partial charge in [0.2, 0.25) is 11.9 Å². The van der Waals surface area contributed by atoms with Crippen LogP contribution in [0.1, 0.15) is 0 Å². The number of benzene rings is 2. The Morgan fingerprint density at radius 3 is 2.61 bits per heavy atom. The molecule has 4 rings (SSSR count). The van der Waals surface area contributed by atoms with E-state index in [0.29, 0.717) is 37.7 Å². The van der Waals surface area contributed by atoms with Crippen LogP contribution in [-0.2, 0) is 9.53 Å². The van der Waals surface area contributed by atoms with E-state index in [1.807, 2.05) is 4.90 Å². The van der Waals surface area contributed by atoms with E-state index in [1.165, 1.54) is 18.2 Å². The normalized spacial score (nSPS) is 13.5. The predicted molar refractivity (Wildman–Crippen MR) is 119 cm³/mol. The molecule has 2 N–H and O–H groups in total. The van der Waals surface area contributed by atoms with Crippen LogP contribution in [-0.4, -0.2) is 42.2 Å². The Balaban J connectivity index is 1.62. The predicted octanol–water partition coefficient (Wildman–Crippen LogP) is 4.27. The molecule has 7 nitrogen and oxygen atoms in total. The number of aromatic nitrogens is 2. The summed E-state index contributed by atoms with van der Waals surface area (Å²) < 4.78 is 48.3. The number of hydrogen-bond acceptors (Lipinski definition) is 6. The second kappa shape index (κ2) is 9.70. The number of nitrogens with zero attached hydrogens (tertiary/aromatic N) is 3. The lowest BCUT2D eigenvalue weighted by Crippen LogP contribution is -2.36. The standard InChI is InChI=1S/C23H20F3N5O2/c1-2-21(32)28-17-10-14(9-15(24)11-17)22-19(26)13-27-23(30-22)29-16-3-4-18(25)20(12-16)31-5-7-33-8-6-31/h2-4,9-13H,1,5-8H2,(H,28,32)(H,27,29,30). The third-order valence-corrected chi connectivity index (χ3v) is 4.92. The minimum Gasteiger partial charge on any atom is -0.378 e. The minimum absolute atomic E-state index is 0.0341. The number of anilines is 4. The number of nitrogens with one attached hydrogen (secondary N) is 2. The van der Waals surface area contributed by atoms with Gasteiger partial charge in [0.05, 0.1) is 25.1 Å². The summed E-state index contributed by atoms with van der Waals surface area (Å²) in [6, 6.07) is 8.00. The molecular formula is C23H20F3N5O2. The number of carbonyl (C=O) groups is 1. The maximum atomic E-state index is 14.5. The fraction of sp³-hybridized carbons (Fsp3) is 0.174. The van der Waals surface area contributed by atoms with Crippen molar-refractivity contribution in [2.75, 3.05) is 41.8 Å². The second-order valence-electron chi connectivity index (χ2n) is 7.20. The van der Waals surface area contributed by atoms with Crippen LogP contribution in [0, 0.1) is 17.5 Å². The van der Waals surface area contributed by atoms with Gasteiger partial charge < -0.3 is 20.3 Å². The molecule has 0 saturated carbocycles. The van der Waals surface area contributed by atoms with Gasteiger partial charge in [-0.1, -0.05) is 6.58 Å². The Hall–Kier alpha value is -3.92. The Labute approximate surface area is 187 Å². The van der Waals surface area contributed by atoms with Crippen molar-refractivity contribution in [2.24, 2.45) is 0 Å². The van der Waals surface area contributed by atoms with Gasteiger partial charge in [-0.05, 0) is 42.5 Å². The molecule has 0 aliphatic carbocycles. The van der Waals surface area contributed by atoms with Crippen molar-refractivity contribution >= 4 is 28.9 Å². The zero-order valence-corrected chi connectivity index (χ0v) is 17.4. The zero-order valence-electron chi connectivity index (χ0n) is 17.4. The van der Waals surface area contributed by atoms with Gasteiger partial charge in [0.25, 0.3) is 0 Å². The summed E-state index contributed by atoms with van der Waals surface area (Å²) in [4.78, 5) is 21.5. The number of morpholine rings is 1. The maximum Gasteiger partial charge on any atom is 0.247 e. The highest BCUT2D eigenvalue weighted by Crippen LogP contribution is 2.28. The van der Waals surface area contributed by atoms with E-state index in [1.54, 1.807) is 6.07 Å². The summed E-state index contributed by atoms with van der Waals surface area (Å²) in [5.41, 5.74) is 0.949. The van der Waals surface area contributed by atoms with Crippen LogP contribution in [0.4, 0.5) is 36.2 Å². The summed E-state index contributed by atoms with van der Waals surface area (Å²) in [6.07, 6.45) is 1.98. The maximum absolute atomic E-state index is 14.5. The van der Waals surface area contributed by atoms with Crippen LogP contribution in [0.15, 0.2) is 55.3 Å². The van der Waals surface area contributed by atoms with Gasteiger partial charge in [0.1, 0.15) is 17.3 Å². The smallest absolute Gasteiger partial charge is 0.247 e. The molecule has 10 heteroatoms. The highest BCUT2D eigenvalue weighted by atomic mass is 19.1. The van der Waals surface area contributed by atoms with Crippen molar-refractivity contribution in [3.05, 3.63) is 72.7 Å². The average molecular weight is 455 g/mol. The molecule has 2 aromatic carbocycles. The average Bonchev–Trinajstić information content (AvgIpc) is 2.81. The van der Waals surface area contributed by atoms with Gasteiger partial charge in [-0.25, -0.2) is 23.1 Å². The number of halogens is 3. The number of rotatable bonds is 6. The van der Waals surface area contributed by atoms with Crippen molar-refractivity contribution in [3.8, 4) is 11.3 Å². The molecule has 2 heterocycles. The van der Waals surface area contributed by atoms with Crippen molar-refractivity contribution in [1.29, 1.82) is 0 Å². The molecule has 3 aromatic rings. The number of amides is 1. The molecule has 0 radical (unpaired) electrons. The first-order valence-corrected chi connectivity index (χ1v) is 10.1. The lowest BCUT2D eigenvalue weighted by Gasteiger charge is -2.29. The largest absolute Gasteiger partial charge is 0.378 e.